The quantitative estimate of drug-likeness (QED) is 0.612. The Morgan fingerprint density at radius 1 is 1.17 bits per heavy atom. The lowest BCUT2D eigenvalue weighted by molar-refractivity contribution is 0.643. The molecule has 1 nitrogen and oxygen atoms in total. The molecule has 1 aromatic carbocycles. The summed E-state index contributed by atoms with van der Waals surface area (Å²) in [5, 5.41) is 0. The van der Waals surface area contributed by atoms with Crippen LogP contribution in [0.4, 0.5) is 10.1 Å². The average molecular weight is 317 g/mol. The maximum atomic E-state index is 13.4. The zero-order valence-corrected chi connectivity index (χ0v) is 15.5. The Morgan fingerprint density at radius 3 is 2.35 bits per heavy atom. The first-order valence-corrected chi connectivity index (χ1v) is 9.13. The van der Waals surface area contributed by atoms with Crippen molar-refractivity contribution in [3.05, 3.63) is 35.2 Å². The van der Waals surface area contributed by atoms with E-state index in [9.17, 15) is 4.39 Å². The number of hydrogen-bond donors (Lipinski definition) is 0. The molecule has 2 aliphatic rings. The standard InChI is InChI=1S/C17H24FN.C4H8/c1-12(2)19-10-6-5-7-16-11-15(8-9-17(16)19)13(3)14(4)18;1-4-2-3-4/h8-9,11-12H,5-7,10H2,1-4H3;4H,2-3H2,1H3/b14-13-;. The third-order valence-electron chi connectivity index (χ3n) is 4.92. The van der Waals surface area contributed by atoms with Crippen LogP contribution in [0, 0.1) is 5.92 Å². The van der Waals surface area contributed by atoms with Crippen LogP contribution in [-0.4, -0.2) is 12.6 Å². The third kappa shape index (κ3) is 5.09. The number of allylic oxidation sites excluding steroid dienone is 2. The maximum Gasteiger partial charge on any atom is 0.100 e. The molecule has 1 aliphatic carbocycles. The molecule has 3 rings (SSSR count). The Balaban J connectivity index is 0.000000417. The van der Waals surface area contributed by atoms with Crippen LogP contribution in [0.5, 0.6) is 0 Å². The molecular weight excluding hydrogens is 285 g/mol. The number of hydrogen-bond acceptors (Lipinski definition) is 1. The molecular formula is C21H32FN. The fourth-order valence-corrected chi connectivity index (χ4v) is 2.92. The highest BCUT2D eigenvalue weighted by Gasteiger charge is 2.18. The number of nitrogens with zero attached hydrogens (tertiary/aromatic N) is 1. The van der Waals surface area contributed by atoms with Gasteiger partial charge in [-0.1, -0.05) is 25.8 Å². The van der Waals surface area contributed by atoms with Gasteiger partial charge < -0.3 is 4.90 Å². The summed E-state index contributed by atoms with van der Waals surface area (Å²) in [6.45, 7) is 11.3. The molecule has 0 aromatic heterocycles. The second-order valence-corrected chi connectivity index (χ2v) is 7.43. The van der Waals surface area contributed by atoms with Gasteiger partial charge in [0, 0.05) is 18.3 Å². The Morgan fingerprint density at radius 2 is 1.83 bits per heavy atom. The molecule has 2 heteroatoms. The van der Waals surface area contributed by atoms with Gasteiger partial charge in [0.15, 0.2) is 0 Å². The number of aryl methyl sites for hydroxylation is 1. The van der Waals surface area contributed by atoms with E-state index in [2.05, 4.69) is 43.9 Å². The second kappa shape index (κ2) is 7.99. The molecule has 0 bridgehead atoms. The van der Waals surface area contributed by atoms with Gasteiger partial charge in [-0.3, -0.25) is 0 Å². The average Bonchev–Trinajstić information content (AvgIpc) is 3.31. The van der Waals surface area contributed by atoms with E-state index in [-0.39, 0.29) is 5.83 Å². The van der Waals surface area contributed by atoms with Crippen LogP contribution in [0.25, 0.3) is 5.57 Å². The van der Waals surface area contributed by atoms with Gasteiger partial charge in [0.05, 0.1) is 0 Å². The highest BCUT2D eigenvalue weighted by atomic mass is 19.1. The van der Waals surface area contributed by atoms with Crippen molar-refractivity contribution < 1.29 is 4.39 Å². The molecule has 0 atom stereocenters. The van der Waals surface area contributed by atoms with E-state index in [0.29, 0.717) is 6.04 Å². The van der Waals surface area contributed by atoms with Crippen LogP contribution in [0.3, 0.4) is 0 Å². The van der Waals surface area contributed by atoms with Gasteiger partial charge in [0.25, 0.3) is 0 Å². The summed E-state index contributed by atoms with van der Waals surface area (Å²) < 4.78 is 13.4. The highest BCUT2D eigenvalue weighted by Crippen LogP contribution is 2.31. The van der Waals surface area contributed by atoms with Gasteiger partial charge in [-0.15, -0.1) is 0 Å². The Kier molecular flexibility index (Phi) is 6.26. The van der Waals surface area contributed by atoms with Crippen molar-refractivity contribution in [1.29, 1.82) is 0 Å². The number of benzene rings is 1. The fourth-order valence-electron chi connectivity index (χ4n) is 2.92. The van der Waals surface area contributed by atoms with Crippen LogP contribution in [-0.2, 0) is 6.42 Å². The SMILES string of the molecule is C/C(F)=C(\C)c1ccc2c(c1)CCCCN2C(C)C.CC1CC1. The van der Waals surface area contributed by atoms with Crippen LogP contribution in [0.2, 0.25) is 0 Å². The molecule has 1 aromatic rings. The first-order valence-electron chi connectivity index (χ1n) is 9.13. The predicted octanol–water partition coefficient (Wildman–Crippen LogP) is 6.37. The van der Waals surface area contributed by atoms with Crippen LogP contribution < -0.4 is 4.90 Å². The van der Waals surface area contributed by atoms with Gasteiger partial charge in [0.2, 0.25) is 0 Å². The van der Waals surface area contributed by atoms with E-state index in [1.54, 1.807) is 0 Å². The minimum absolute atomic E-state index is 0.0886. The van der Waals surface area contributed by atoms with E-state index in [1.165, 1.54) is 43.9 Å². The molecule has 0 N–H and O–H groups in total. The summed E-state index contributed by atoms with van der Waals surface area (Å²) in [6.07, 6.45) is 6.53. The zero-order valence-electron chi connectivity index (χ0n) is 15.5. The lowest BCUT2D eigenvalue weighted by atomic mass is 9.99. The molecule has 23 heavy (non-hydrogen) atoms. The van der Waals surface area contributed by atoms with Crippen LogP contribution >= 0.6 is 0 Å². The van der Waals surface area contributed by atoms with Crippen molar-refractivity contribution in [3.8, 4) is 0 Å². The van der Waals surface area contributed by atoms with Gasteiger partial charge in [-0.25, -0.2) is 4.39 Å². The summed E-state index contributed by atoms with van der Waals surface area (Å²) in [5.41, 5.74) is 4.47. The van der Waals surface area contributed by atoms with Crippen molar-refractivity contribution in [2.24, 2.45) is 5.92 Å². The van der Waals surface area contributed by atoms with Crippen molar-refractivity contribution in [1.82, 2.24) is 0 Å². The second-order valence-electron chi connectivity index (χ2n) is 7.43. The Hall–Kier alpha value is -1.31. The Labute approximate surface area is 141 Å². The van der Waals surface area contributed by atoms with E-state index >= 15 is 0 Å². The first-order chi connectivity index (χ1) is 10.9. The molecule has 0 radical (unpaired) electrons. The number of halogens is 1. The molecule has 1 fully saturated rings. The van der Waals surface area contributed by atoms with Crippen LogP contribution in [0.15, 0.2) is 24.0 Å². The molecule has 0 saturated heterocycles. The van der Waals surface area contributed by atoms with Crippen molar-refractivity contribution >= 4 is 11.3 Å². The van der Waals surface area contributed by atoms with E-state index in [4.69, 9.17) is 0 Å². The van der Waals surface area contributed by atoms with E-state index in [0.717, 1.165) is 30.0 Å². The monoisotopic (exact) mass is 317 g/mol. The van der Waals surface area contributed by atoms with Crippen molar-refractivity contribution in [3.63, 3.8) is 0 Å². The topological polar surface area (TPSA) is 3.24 Å². The minimum atomic E-state index is -0.0886. The zero-order chi connectivity index (χ0) is 17.0. The highest BCUT2D eigenvalue weighted by molar-refractivity contribution is 5.69. The van der Waals surface area contributed by atoms with Gasteiger partial charge in [0.1, 0.15) is 5.83 Å². The summed E-state index contributed by atoms with van der Waals surface area (Å²) in [7, 11) is 0. The molecule has 0 unspecified atom stereocenters. The molecule has 1 aliphatic heterocycles. The smallest absolute Gasteiger partial charge is 0.100 e. The van der Waals surface area contributed by atoms with Crippen molar-refractivity contribution in [2.75, 3.05) is 11.4 Å². The number of anilines is 1. The summed E-state index contributed by atoms with van der Waals surface area (Å²) in [5.74, 6) is 0.995. The summed E-state index contributed by atoms with van der Waals surface area (Å²) >= 11 is 0. The van der Waals surface area contributed by atoms with E-state index in [1.807, 2.05) is 6.92 Å². The number of fused-ring (bicyclic) bond motifs is 1. The van der Waals surface area contributed by atoms with E-state index < -0.39 is 0 Å². The fraction of sp³-hybridized carbons (Fsp3) is 0.619. The molecule has 1 heterocycles. The largest absolute Gasteiger partial charge is 0.369 e. The summed E-state index contributed by atoms with van der Waals surface area (Å²) in [6, 6.07) is 6.91. The maximum absolute atomic E-state index is 13.4. The molecule has 128 valence electrons. The normalized spacial score (nSPS) is 18.7. The first kappa shape index (κ1) is 18.0. The minimum Gasteiger partial charge on any atom is -0.369 e. The lowest BCUT2D eigenvalue weighted by Crippen LogP contribution is -2.31. The summed E-state index contributed by atoms with van der Waals surface area (Å²) in [4.78, 5) is 2.47. The molecule has 0 spiro atoms. The third-order valence-corrected chi connectivity index (χ3v) is 4.92. The predicted molar refractivity (Wildman–Crippen MR) is 99.6 cm³/mol. The van der Waals surface area contributed by atoms with Gasteiger partial charge in [-0.05, 0) is 81.7 Å². The Bertz CT molecular complexity index is 551. The van der Waals surface area contributed by atoms with Crippen LogP contribution in [0.1, 0.15) is 71.4 Å². The lowest BCUT2D eigenvalue weighted by Gasteiger charge is -2.29. The van der Waals surface area contributed by atoms with Crippen molar-refractivity contribution in [2.45, 2.75) is 72.8 Å². The number of rotatable bonds is 2. The molecule has 1 saturated carbocycles. The molecule has 0 amide bonds. The van der Waals surface area contributed by atoms with Gasteiger partial charge in [-0.2, -0.15) is 0 Å². The van der Waals surface area contributed by atoms with Gasteiger partial charge >= 0.3 is 0 Å².